The summed E-state index contributed by atoms with van der Waals surface area (Å²) in [5.41, 5.74) is 1.09. The molecule has 0 fully saturated rings. The van der Waals surface area contributed by atoms with Crippen LogP contribution in [-0.4, -0.2) is 18.5 Å². The van der Waals surface area contributed by atoms with Gasteiger partial charge in [-0.1, -0.05) is 53.5 Å². The number of hydrogen-bond acceptors (Lipinski definition) is 3. The molecule has 0 saturated carbocycles. The average Bonchev–Trinajstić information content (AvgIpc) is 2.55. The number of amides is 1. The SMILES string of the molecule is C[C@@H](NC(=O)COC(=O)c1cc(Cl)ccc1Cl)c1ccccc1. The molecular formula is C17H15Cl2NO3. The summed E-state index contributed by atoms with van der Waals surface area (Å²) >= 11 is 11.7. The minimum atomic E-state index is -0.694. The third-order valence-electron chi connectivity index (χ3n) is 3.16. The summed E-state index contributed by atoms with van der Waals surface area (Å²) in [5.74, 6) is -1.09. The van der Waals surface area contributed by atoms with Gasteiger partial charge in [0.2, 0.25) is 0 Å². The summed E-state index contributed by atoms with van der Waals surface area (Å²) in [6.45, 7) is 1.46. The summed E-state index contributed by atoms with van der Waals surface area (Å²) in [4.78, 5) is 23.8. The monoisotopic (exact) mass is 351 g/mol. The molecular weight excluding hydrogens is 337 g/mol. The summed E-state index contributed by atoms with van der Waals surface area (Å²) in [6, 6.07) is 13.8. The predicted molar refractivity (Wildman–Crippen MR) is 89.7 cm³/mol. The van der Waals surface area contributed by atoms with Gasteiger partial charge in [0.1, 0.15) is 0 Å². The third kappa shape index (κ3) is 4.98. The van der Waals surface area contributed by atoms with E-state index in [4.69, 9.17) is 27.9 Å². The molecule has 0 unspecified atom stereocenters. The van der Waals surface area contributed by atoms with Crippen LogP contribution < -0.4 is 5.32 Å². The summed E-state index contributed by atoms with van der Waals surface area (Å²) in [7, 11) is 0. The molecule has 6 heteroatoms. The molecule has 4 nitrogen and oxygen atoms in total. The molecule has 0 aliphatic carbocycles. The Balaban J connectivity index is 1.89. The van der Waals surface area contributed by atoms with Crippen LogP contribution in [0.15, 0.2) is 48.5 Å². The van der Waals surface area contributed by atoms with Crippen molar-refractivity contribution in [3.05, 3.63) is 69.7 Å². The molecule has 0 spiro atoms. The van der Waals surface area contributed by atoms with E-state index >= 15 is 0 Å². The average molecular weight is 352 g/mol. The molecule has 0 aliphatic heterocycles. The lowest BCUT2D eigenvalue weighted by Crippen LogP contribution is -2.31. The molecule has 0 aromatic heterocycles. The fourth-order valence-corrected chi connectivity index (χ4v) is 2.34. The van der Waals surface area contributed by atoms with Crippen molar-refractivity contribution in [2.45, 2.75) is 13.0 Å². The lowest BCUT2D eigenvalue weighted by molar-refractivity contribution is -0.124. The highest BCUT2D eigenvalue weighted by Crippen LogP contribution is 2.21. The quantitative estimate of drug-likeness (QED) is 0.827. The molecule has 0 radical (unpaired) electrons. The smallest absolute Gasteiger partial charge is 0.340 e. The van der Waals surface area contributed by atoms with Gasteiger partial charge in [0, 0.05) is 5.02 Å². The Morgan fingerprint density at radius 2 is 1.83 bits per heavy atom. The molecule has 0 heterocycles. The van der Waals surface area contributed by atoms with Crippen molar-refractivity contribution >= 4 is 35.1 Å². The Kier molecular flexibility index (Phi) is 6.02. The lowest BCUT2D eigenvalue weighted by atomic mass is 10.1. The largest absolute Gasteiger partial charge is 0.452 e. The van der Waals surface area contributed by atoms with Crippen LogP contribution in [-0.2, 0) is 9.53 Å². The molecule has 1 amide bonds. The first-order valence-electron chi connectivity index (χ1n) is 6.94. The molecule has 0 bridgehead atoms. The van der Waals surface area contributed by atoms with E-state index in [-0.39, 0.29) is 16.6 Å². The number of hydrogen-bond donors (Lipinski definition) is 1. The number of carbonyl (C=O) groups excluding carboxylic acids is 2. The molecule has 2 aromatic rings. The maximum absolute atomic E-state index is 11.9. The van der Waals surface area contributed by atoms with E-state index in [0.29, 0.717) is 5.02 Å². The highest BCUT2D eigenvalue weighted by atomic mass is 35.5. The van der Waals surface area contributed by atoms with E-state index in [1.165, 1.54) is 12.1 Å². The Bertz CT molecular complexity index is 704. The zero-order chi connectivity index (χ0) is 16.8. The minimum Gasteiger partial charge on any atom is -0.452 e. The zero-order valence-electron chi connectivity index (χ0n) is 12.4. The summed E-state index contributed by atoms with van der Waals surface area (Å²) in [6.07, 6.45) is 0. The van der Waals surface area contributed by atoms with Crippen LogP contribution in [0.1, 0.15) is 28.9 Å². The van der Waals surface area contributed by atoms with Crippen molar-refractivity contribution in [3.8, 4) is 0 Å². The Hall–Kier alpha value is -2.04. The summed E-state index contributed by atoms with van der Waals surface area (Å²) < 4.78 is 4.97. The van der Waals surface area contributed by atoms with Crippen LogP contribution in [0.5, 0.6) is 0 Å². The normalized spacial score (nSPS) is 11.6. The van der Waals surface area contributed by atoms with Gasteiger partial charge < -0.3 is 10.1 Å². The van der Waals surface area contributed by atoms with E-state index in [2.05, 4.69) is 5.32 Å². The van der Waals surface area contributed by atoms with Crippen LogP contribution in [0.3, 0.4) is 0 Å². The Labute approximate surface area is 144 Å². The van der Waals surface area contributed by atoms with Gasteiger partial charge in [-0.25, -0.2) is 4.79 Å². The molecule has 0 aliphatic rings. The molecule has 1 N–H and O–H groups in total. The minimum absolute atomic E-state index is 0.128. The van der Waals surface area contributed by atoms with Gasteiger partial charge in [-0.05, 0) is 30.7 Å². The van der Waals surface area contributed by atoms with Gasteiger partial charge in [-0.3, -0.25) is 4.79 Å². The third-order valence-corrected chi connectivity index (χ3v) is 3.72. The van der Waals surface area contributed by atoms with Crippen molar-refractivity contribution in [1.29, 1.82) is 0 Å². The van der Waals surface area contributed by atoms with E-state index in [0.717, 1.165) is 5.56 Å². The standard InChI is InChI=1S/C17H15Cl2NO3/c1-11(12-5-3-2-4-6-12)20-16(21)10-23-17(22)14-9-13(18)7-8-15(14)19/h2-9,11H,10H2,1H3,(H,20,21)/t11-/m1/s1. The number of nitrogens with one attached hydrogen (secondary N) is 1. The van der Waals surface area contributed by atoms with E-state index < -0.39 is 18.5 Å². The number of esters is 1. The second-order valence-corrected chi connectivity index (χ2v) is 5.74. The molecule has 120 valence electrons. The van der Waals surface area contributed by atoms with Gasteiger partial charge in [-0.2, -0.15) is 0 Å². The molecule has 2 rings (SSSR count). The predicted octanol–water partition coefficient (Wildman–Crippen LogP) is 4.03. The highest BCUT2D eigenvalue weighted by molar-refractivity contribution is 6.35. The van der Waals surface area contributed by atoms with Crippen LogP contribution in [0.4, 0.5) is 0 Å². The van der Waals surface area contributed by atoms with Crippen molar-refractivity contribution < 1.29 is 14.3 Å². The highest BCUT2D eigenvalue weighted by Gasteiger charge is 2.15. The maximum Gasteiger partial charge on any atom is 0.340 e. The van der Waals surface area contributed by atoms with E-state index in [1.807, 2.05) is 37.3 Å². The molecule has 0 saturated heterocycles. The first-order chi connectivity index (χ1) is 11.0. The first-order valence-corrected chi connectivity index (χ1v) is 7.69. The van der Waals surface area contributed by atoms with Gasteiger partial charge in [-0.15, -0.1) is 0 Å². The fourth-order valence-electron chi connectivity index (χ4n) is 1.97. The zero-order valence-corrected chi connectivity index (χ0v) is 13.9. The van der Waals surface area contributed by atoms with Crippen LogP contribution >= 0.6 is 23.2 Å². The first kappa shape index (κ1) is 17.3. The fraction of sp³-hybridized carbons (Fsp3) is 0.176. The Morgan fingerprint density at radius 3 is 2.52 bits per heavy atom. The Morgan fingerprint density at radius 1 is 1.13 bits per heavy atom. The topological polar surface area (TPSA) is 55.4 Å². The second-order valence-electron chi connectivity index (χ2n) is 4.90. The van der Waals surface area contributed by atoms with Gasteiger partial charge in [0.05, 0.1) is 16.6 Å². The van der Waals surface area contributed by atoms with Crippen LogP contribution in [0, 0.1) is 0 Å². The van der Waals surface area contributed by atoms with Crippen LogP contribution in [0.2, 0.25) is 10.0 Å². The number of halogens is 2. The van der Waals surface area contributed by atoms with E-state index in [9.17, 15) is 9.59 Å². The number of benzene rings is 2. The molecule has 2 aromatic carbocycles. The van der Waals surface area contributed by atoms with Crippen molar-refractivity contribution in [1.82, 2.24) is 5.32 Å². The van der Waals surface area contributed by atoms with Gasteiger partial charge in [0.15, 0.2) is 6.61 Å². The second kappa shape index (κ2) is 7.99. The molecule has 1 atom stereocenters. The van der Waals surface area contributed by atoms with Crippen molar-refractivity contribution in [2.75, 3.05) is 6.61 Å². The lowest BCUT2D eigenvalue weighted by Gasteiger charge is -2.14. The van der Waals surface area contributed by atoms with Crippen molar-refractivity contribution in [3.63, 3.8) is 0 Å². The summed E-state index contributed by atoms with van der Waals surface area (Å²) in [5, 5.41) is 3.34. The van der Waals surface area contributed by atoms with Gasteiger partial charge >= 0.3 is 5.97 Å². The maximum atomic E-state index is 11.9. The van der Waals surface area contributed by atoms with E-state index in [1.54, 1.807) is 6.07 Å². The number of rotatable bonds is 5. The number of carbonyl (C=O) groups is 2. The van der Waals surface area contributed by atoms with Crippen molar-refractivity contribution in [2.24, 2.45) is 0 Å². The van der Waals surface area contributed by atoms with Gasteiger partial charge in [0.25, 0.3) is 5.91 Å². The molecule has 23 heavy (non-hydrogen) atoms. The number of ether oxygens (including phenoxy) is 1. The van der Waals surface area contributed by atoms with Crippen LogP contribution in [0.25, 0.3) is 0 Å².